The maximum atomic E-state index is 12.2. The Hall–Kier alpha value is -2.40. The zero-order valence-corrected chi connectivity index (χ0v) is 24.3. The number of aliphatic hydroxyl groups excluding tert-OH is 1. The van der Waals surface area contributed by atoms with Crippen LogP contribution in [0.4, 0.5) is 4.79 Å². The molecule has 1 heterocycles. The van der Waals surface area contributed by atoms with Crippen molar-refractivity contribution < 1.29 is 38.3 Å². The number of carbonyl (C=O) groups is 1. The molecule has 0 aliphatic carbocycles. The third-order valence-corrected chi connectivity index (χ3v) is 6.51. The number of aliphatic hydroxyl groups is 1. The Labute approximate surface area is 253 Å². The molecule has 0 spiro atoms. The molecule has 41 heavy (non-hydrogen) atoms. The van der Waals surface area contributed by atoms with Gasteiger partial charge in [0.1, 0.15) is 37.6 Å². The van der Waals surface area contributed by atoms with Gasteiger partial charge < -0.3 is 33.5 Å². The van der Waals surface area contributed by atoms with E-state index < -0.39 is 47.3 Å². The van der Waals surface area contributed by atoms with Crippen molar-refractivity contribution in [2.24, 2.45) is 0 Å². The minimum absolute atomic E-state index is 0.201. The van der Waals surface area contributed by atoms with Crippen LogP contribution in [0, 0.1) is 0 Å². The predicted molar refractivity (Wildman–Crippen MR) is 154 cm³/mol. The molecular weight excluding hydrogens is 595 g/mol. The van der Waals surface area contributed by atoms with Crippen LogP contribution in [0.3, 0.4) is 0 Å². The first-order chi connectivity index (χ1) is 19.8. The van der Waals surface area contributed by atoms with E-state index in [9.17, 15) is 9.90 Å². The van der Waals surface area contributed by atoms with E-state index in [4.69, 9.17) is 63.2 Å². The molecule has 3 aromatic carbocycles. The first kappa shape index (κ1) is 31.5. The summed E-state index contributed by atoms with van der Waals surface area (Å²) in [6.07, 6.45) is -5.97. The van der Waals surface area contributed by atoms with Crippen LogP contribution in [-0.4, -0.2) is 59.0 Å². The number of hydrogen-bond acceptors (Lipinski definition) is 8. The van der Waals surface area contributed by atoms with E-state index >= 15 is 0 Å². The summed E-state index contributed by atoms with van der Waals surface area (Å²) < 4.78 is 33.0. The van der Waals surface area contributed by atoms with Crippen molar-refractivity contribution in [1.82, 2.24) is 0 Å². The quantitative estimate of drug-likeness (QED) is 0.194. The number of hydrogen-bond donors (Lipinski definition) is 1. The molecule has 5 atom stereocenters. The standard InChI is InChI=1S/C30H31Cl3O8/c31-30(32,33)20-40-29(35)39-19-24-25(36-16-21-10-4-1-5-11-21)26(37-17-22-12-6-2-7-13-22)27(28(34)41-24)38-18-23-14-8-3-9-15-23/h1-15,24-28,34H,16-20H2/t24-,25-,26+,27-,28?/m1/s1. The van der Waals surface area contributed by atoms with E-state index in [2.05, 4.69) is 0 Å². The second-order valence-electron chi connectivity index (χ2n) is 9.31. The van der Waals surface area contributed by atoms with E-state index in [0.717, 1.165) is 16.7 Å². The number of alkyl halides is 3. The average Bonchev–Trinajstić information content (AvgIpc) is 2.98. The Morgan fingerprint density at radius 2 is 1.12 bits per heavy atom. The van der Waals surface area contributed by atoms with Crippen LogP contribution < -0.4 is 0 Å². The molecule has 1 unspecified atom stereocenters. The lowest BCUT2D eigenvalue weighted by Crippen LogP contribution is -2.61. The largest absolute Gasteiger partial charge is 0.508 e. The lowest BCUT2D eigenvalue weighted by atomic mass is 9.98. The van der Waals surface area contributed by atoms with E-state index in [1.54, 1.807) is 0 Å². The van der Waals surface area contributed by atoms with Crippen molar-refractivity contribution in [2.75, 3.05) is 13.2 Å². The van der Waals surface area contributed by atoms with Gasteiger partial charge >= 0.3 is 6.16 Å². The van der Waals surface area contributed by atoms with Crippen molar-refractivity contribution in [3.63, 3.8) is 0 Å². The molecule has 1 aliphatic rings. The molecule has 220 valence electrons. The summed E-state index contributed by atoms with van der Waals surface area (Å²) >= 11 is 17.0. The third-order valence-electron chi connectivity index (χ3n) is 6.18. The van der Waals surface area contributed by atoms with Crippen LogP contribution in [-0.2, 0) is 48.2 Å². The molecular formula is C30H31Cl3O8. The minimum atomic E-state index is -1.79. The van der Waals surface area contributed by atoms with Crippen molar-refractivity contribution in [1.29, 1.82) is 0 Å². The fourth-order valence-electron chi connectivity index (χ4n) is 4.23. The highest BCUT2D eigenvalue weighted by molar-refractivity contribution is 6.67. The molecule has 0 amide bonds. The lowest BCUT2D eigenvalue weighted by Gasteiger charge is -2.44. The molecule has 1 aliphatic heterocycles. The molecule has 11 heteroatoms. The number of benzene rings is 3. The van der Waals surface area contributed by atoms with Crippen LogP contribution in [0.5, 0.6) is 0 Å². The molecule has 8 nitrogen and oxygen atoms in total. The highest BCUT2D eigenvalue weighted by atomic mass is 35.6. The van der Waals surface area contributed by atoms with Crippen LogP contribution in [0.15, 0.2) is 91.0 Å². The first-order valence-corrected chi connectivity index (χ1v) is 14.1. The molecule has 1 saturated heterocycles. The summed E-state index contributed by atoms with van der Waals surface area (Å²) in [7, 11) is 0. The summed E-state index contributed by atoms with van der Waals surface area (Å²) in [5.41, 5.74) is 2.73. The summed E-state index contributed by atoms with van der Waals surface area (Å²) in [6.45, 7) is -0.209. The first-order valence-electron chi connectivity index (χ1n) is 12.9. The van der Waals surface area contributed by atoms with Gasteiger partial charge in [0.05, 0.1) is 19.8 Å². The van der Waals surface area contributed by atoms with Gasteiger partial charge in [-0.2, -0.15) is 0 Å². The van der Waals surface area contributed by atoms with Crippen LogP contribution in [0.2, 0.25) is 0 Å². The Morgan fingerprint density at radius 1 is 0.683 bits per heavy atom. The van der Waals surface area contributed by atoms with Gasteiger partial charge in [0.15, 0.2) is 6.29 Å². The SMILES string of the molecule is O=C(OC[C@H]1OC(O)[C@H](OCc2ccccc2)[C@@H](OCc2ccccc2)[C@@H]1OCc1ccccc1)OCC(Cl)(Cl)Cl. The van der Waals surface area contributed by atoms with Gasteiger partial charge in [0.2, 0.25) is 3.79 Å². The molecule has 1 fully saturated rings. The molecule has 0 bridgehead atoms. The molecule has 4 rings (SSSR count). The summed E-state index contributed by atoms with van der Waals surface area (Å²) in [5.74, 6) is 0. The number of carbonyl (C=O) groups excluding carboxylic acids is 1. The van der Waals surface area contributed by atoms with Crippen molar-refractivity contribution >= 4 is 41.0 Å². The fraction of sp³-hybridized carbons (Fsp3) is 0.367. The van der Waals surface area contributed by atoms with Gasteiger partial charge in [0, 0.05) is 0 Å². The maximum Gasteiger partial charge on any atom is 0.508 e. The highest BCUT2D eigenvalue weighted by Gasteiger charge is 2.48. The lowest BCUT2D eigenvalue weighted by molar-refractivity contribution is -0.315. The van der Waals surface area contributed by atoms with Gasteiger partial charge in [0.25, 0.3) is 0 Å². The molecule has 3 aromatic rings. The van der Waals surface area contributed by atoms with E-state index in [1.165, 1.54) is 0 Å². The van der Waals surface area contributed by atoms with Gasteiger partial charge in [-0.3, -0.25) is 0 Å². The summed E-state index contributed by atoms with van der Waals surface area (Å²) in [6, 6.07) is 28.7. The average molecular weight is 626 g/mol. The van der Waals surface area contributed by atoms with Crippen molar-refractivity contribution in [3.05, 3.63) is 108 Å². The van der Waals surface area contributed by atoms with Crippen molar-refractivity contribution in [2.45, 2.75) is 54.3 Å². The maximum absolute atomic E-state index is 12.2. The Morgan fingerprint density at radius 3 is 1.59 bits per heavy atom. The minimum Gasteiger partial charge on any atom is -0.431 e. The highest BCUT2D eigenvalue weighted by Crippen LogP contribution is 2.30. The Bertz CT molecular complexity index is 1180. The second-order valence-corrected chi connectivity index (χ2v) is 11.8. The van der Waals surface area contributed by atoms with Crippen LogP contribution >= 0.6 is 34.8 Å². The predicted octanol–water partition coefficient (Wildman–Crippen LogP) is 5.98. The van der Waals surface area contributed by atoms with Gasteiger partial charge in [-0.15, -0.1) is 0 Å². The zero-order valence-electron chi connectivity index (χ0n) is 22.0. The van der Waals surface area contributed by atoms with E-state index in [0.29, 0.717) is 0 Å². The molecule has 0 aromatic heterocycles. The third kappa shape index (κ3) is 10.4. The number of halogens is 3. The van der Waals surface area contributed by atoms with E-state index in [1.807, 2.05) is 91.0 Å². The Kier molecular flexibility index (Phi) is 12.1. The van der Waals surface area contributed by atoms with Gasteiger partial charge in [-0.1, -0.05) is 126 Å². The summed E-state index contributed by atoms with van der Waals surface area (Å²) in [4.78, 5) is 12.2. The van der Waals surface area contributed by atoms with E-state index in [-0.39, 0.29) is 26.4 Å². The number of rotatable bonds is 12. The zero-order chi connectivity index (χ0) is 29.1. The fourth-order valence-corrected chi connectivity index (χ4v) is 4.39. The normalized spacial score (nSPS) is 22.7. The number of ether oxygens (including phenoxy) is 6. The van der Waals surface area contributed by atoms with Gasteiger partial charge in [-0.05, 0) is 16.7 Å². The van der Waals surface area contributed by atoms with Crippen molar-refractivity contribution in [3.8, 4) is 0 Å². The molecule has 0 saturated carbocycles. The van der Waals surface area contributed by atoms with Crippen LogP contribution in [0.25, 0.3) is 0 Å². The Balaban J connectivity index is 1.54. The monoisotopic (exact) mass is 624 g/mol. The smallest absolute Gasteiger partial charge is 0.431 e. The molecule has 0 radical (unpaired) electrons. The topological polar surface area (TPSA) is 92.7 Å². The van der Waals surface area contributed by atoms with Crippen LogP contribution in [0.1, 0.15) is 16.7 Å². The molecule has 1 N–H and O–H groups in total. The van der Waals surface area contributed by atoms with Gasteiger partial charge in [-0.25, -0.2) is 4.79 Å². The summed E-state index contributed by atoms with van der Waals surface area (Å²) in [5, 5.41) is 11.1. The second kappa shape index (κ2) is 15.7.